The summed E-state index contributed by atoms with van der Waals surface area (Å²) in [5.74, 6) is -0.216. The Kier molecular flexibility index (Phi) is 5.20. The Labute approximate surface area is 110 Å². The van der Waals surface area contributed by atoms with E-state index in [1.165, 1.54) is 4.90 Å². The molecule has 0 fully saturated rings. The van der Waals surface area contributed by atoms with Crippen LogP contribution in [-0.2, 0) is 9.53 Å². The molecule has 1 atom stereocenters. The van der Waals surface area contributed by atoms with Crippen LogP contribution in [0.5, 0.6) is 0 Å². The molecule has 0 aliphatic rings. The first-order valence-electron chi connectivity index (χ1n) is 6.04. The maximum atomic E-state index is 12.0. The molecule has 0 aliphatic heterocycles. The smallest absolute Gasteiger partial charge is 0.408 e. The molecule has 0 heterocycles. The fraction of sp³-hybridized carbons (Fsp3) is 0.846. The quantitative estimate of drug-likeness (QED) is 0.824. The number of hydrogen-bond acceptors (Lipinski definition) is 3. The fourth-order valence-electron chi connectivity index (χ4n) is 1.27. The minimum absolute atomic E-state index is 0.216. The maximum Gasteiger partial charge on any atom is 0.408 e. The van der Waals surface area contributed by atoms with Gasteiger partial charge in [-0.05, 0) is 20.8 Å². The van der Waals surface area contributed by atoms with Crippen LogP contribution in [0.15, 0.2) is 0 Å². The van der Waals surface area contributed by atoms with E-state index in [2.05, 4.69) is 5.32 Å². The lowest BCUT2D eigenvalue weighted by Gasteiger charge is -2.32. The summed E-state index contributed by atoms with van der Waals surface area (Å²) in [6.45, 7) is 11.2. The molecule has 18 heavy (non-hydrogen) atoms. The monoisotopic (exact) mass is 258 g/mol. The van der Waals surface area contributed by atoms with Crippen molar-refractivity contribution >= 4 is 12.0 Å². The zero-order valence-corrected chi connectivity index (χ0v) is 12.7. The van der Waals surface area contributed by atoms with E-state index in [0.717, 1.165) is 0 Å². The van der Waals surface area contributed by atoms with Gasteiger partial charge in [0.05, 0.1) is 0 Å². The van der Waals surface area contributed by atoms with Crippen molar-refractivity contribution in [2.75, 3.05) is 14.1 Å². The normalized spacial score (nSPS) is 13.8. The molecule has 0 aromatic rings. The molecule has 106 valence electrons. The van der Waals surface area contributed by atoms with Crippen LogP contribution in [0, 0.1) is 5.41 Å². The lowest BCUT2D eigenvalue weighted by molar-refractivity contribution is -0.143. The molecule has 5 nitrogen and oxygen atoms in total. The number of alkyl carbamates (subject to hydrolysis) is 1. The molecule has 0 saturated heterocycles. The van der Waals surface area contributed by atoms with Crippen molar-refractivity contribution in [3.8, 4) is 0 Å². The Morgan fingerprint density at radius 3 is 1.78 bits per heavy atom. The first kappa shape index (κ1) is 16.7. The highest BCUT2D eigenvalue weighted by Gasteiger charge is 2.36. The van der Waals surface area contributed by atoms with Gasteiger partial charge < -0.3 is 15.0 Å². The highest BCUT2D eigenvalue weighted by Crippen LogP contribution is 2.24. The number of rotatable bonds is 2. The van der Waals surface area contributed by atoms with Gasteiger partial charge in [0.15, 0.2) is 6.10 Å². The van der Waals surface area contributed by atoms with Gasteiger partial charge in [0, 0.05) is 25.0 Å². The Morgan fingerprint density at radius 2 is 1.50 bits per heavy atom. The highest BCUT2D eigenvalue weighted by molar-refractivity contribution is 5.84. The summed E-state index contributed by atoms with van der Waals surface area (Å²) < 4.78 is 5.27. The van der Waals surface area contributed by atoms with E-state index in [0.29, 0.717) is 0 Å². The number of carbonyl (C=O) groups excluding carboxylic acids is 2. The third-order valence-corrected chi connectivity index (χ3v) is 2.15. The molecule has 0 radical (unpaired) electrons. The van der Waals surface area contributed by atoms with Crippen LogP contribution >= 0.6 is 0 Å². The fourth-order valence-corrected chi connectivity index (χ4v) is 1.27. The number of carbonyl (C=O) groups is 2. The summed E-state index contributed by atoms with van der Waals surface area (Å²) in [5, 5.41) is 2.68. The van der Waals surface area contributed by atoms with Gasteiger partial charge in [-0.1, -0.05) is 20.8 Å². The van der Waals surface area contributed by atoms with E-state index in [4.69, 9.17) is 4.74 Å². The van der Waals surface area contributed by atoms with Crippen LogP contribution in [0.1, 0.15) is 41.5 Å². The molecule has 2 amide bonds. The standard InChI is InChI=1S/C13H26N2O3/c1-12(2,3)9(10(16)15(7)8)18-11(17)14-13(4,5)6/h9H,1-8H3,(H,14,17)/t9-/m1/s1. The van der Waals surface area contributed by atoms with Gasteiger partial charge in [-0.3, -0.25) is 4.79 Å². The summed E-state index contributed by atoms with van der Waals surface area (Å²) in [6.07, 6.45) is -1.37. The van der Waals surface area contributed by atoms with Crippen LogP contribution in [0.2, 0.25) is 0 Å². The summed E-state index contributed by atoms with van der Waals surface area (Å²) in [5.41, 5.74) is -0.836. The average molecular weight is 258 g/mol. The van der Waals surface area contributed by atoms with Gasteiger partial charge in [0.2, 0.25) is 0 Å². The third kappa shape index (κ3) is 5.89. The molecule has 0 spiro atoms. The van der Waals surface area contributed by atoms with Crippen molar-refractivity contribution in [1.82, 2.24) is 10.2 Å². The highest BCUT2D eigenvalue weighted by atomic mass is 16.6. The largest absolute Gasteiger partial charge is 0.436 e. The van der Waals surface area contributed by atoms with Crippen LogP contribution in [0.4, 0.5) is 4.79 Å². The van der Waals surface area contributed by atoms with Crippen LogP contribution in [0.25, 0.3) is 0 Å². The first-order valence-corrected chi connectivity index (χ1v) is 6.04. The molecule has 0 rings (SSSR count). The predicted octanol–water partition coefficient (Wildman–Crippen LogP) is 2.01. The zero-order chi connectivity index (χ0) is 14.7. The molecular formula is C13H26N2O3. The number of nitrogens with one attached hydrogen (secondary N) is 1. The van der Waals surface area contributed by atoms with E-state index < -0.39 is 17.6 Å². The van der Waals surface area contributed by atoms with E-state index in [-0.39, 0.29) is 11.4 Å². The SMILES string of the molecule is CN(C)C(=O)[C@@H](OC(=O)NC(C)(C)C)C(C)(C)C. The van der Waals surface area contributed by atoms with Gasteiger partial charge in [0.1, 0.15) is 0 Å². The molecule has 0 aliphatic carbocycles. The minimum atomic E-state index is -0.796. The number of likely N-dealkylation sites (N-methyl/N-ethyl adjacent to an activating group) is 1. The second kappa shape index (κ2) is 5.59. The van der Waals surface area contributed by atoms with Crippen molar-refractivity contribution in [3.05, 3.63) is 0 Å². The summed E-state index contributed by atoms with van der Waals surface area (Å²) in [4.78, 5) is 25.2. The lowest BCUT2D eigenvalue weighted by atomic mass is 9.88. The number of nitrogens with zero attached hydrogens (tertiary/aromatic N) is 1. The molecule has 0 aromatic carbocycles. The molecule has 0 bridgehead atoms. The Balaban J connectivity index is 4.83. The number of ether oxygens (including phenoxy) is 1. The molecule has 0 saturated carbocycles. The van der Waals surface area contributed by atoms with Gasteiger partial charge >= 0.3 is 6.09 Å². The lowest BCUT2D eigenvalue weighted by Crippen LogP contribution is -2.49. The summed E-state index contributed by atoms with van der Waals surface area (Å²) >= 11 is 0. The zero-order valence-electron chi connectivity index (χ0n) is 12.7. The van der Waals surface area contributed by atoms with E-state index in [1.54, 1.807) is 14.1 Å². The van der Waals surface area contributed by atoms with Crippen molar-refractivity contribution in [2.24, 2.45) is 5.41 Å². The van der Waals surface area contributed by atoms with E-state index >= 15 is 0 Å². The van der Waals surface area contributed by atoms with Crippen molar-refractivity contribution in [3.63, 3.8) is 0 Å². The number of amides is 2. The number of hydrogen-bond donors (Lipinski definition) is 1. The molecular weight excluding hydrogens is 232 g/mol. The van der Waals surface area contributed by atoms with Crippen molar-refractivity contribution < 1.29 is 14.3 Å². The van der Waals surface area contributed by atoms with Gasteiger partial charge in [0.25, 0.3) is 5.91 Å². The second-order valence-electron chi connectivity index (χ2n) is 6.76. The van der Waals surface area contributed by atoms with Crippen LogP contribution < -0.4 is 5.32 Å². The van der Waals surface area contributed by atoms with Gasteiger partial charge in [-0.2, -0.15) is 0 Å². The Morgan fingerprint density at radius 1 is 1.06 bits per heavy atom. The van der Waals surface area contributed by atoms with Gasteiger partial charge in [-0.15, -0.1) is 0 Å². The minimum Gasteiger partial charge on any atom is -0.436 e. The van der Waals surface area contributed by atoms with Crippen molar-refractivity contribution in [1.29, 1.82) is 0 Å². The average Bonchev–Trinajstić information content (AvgIpc) is 2.08. The molecule has 1 N–H and O–H groups in total. The molecule has 0 unspecified atom stereocenters. The maximum absolute atomic E-state index is 12.0. The van der Waals surface area contributed by atoms with Gasteiger partial charge in [-0.25, -0.2) is 4.79 Å². The predicted molar refractivity (Wildman–Crippen MR) is 71.3 cm³/mol. The summed E-state index contributed by atoms with van der Waals surface area (Å²) in [6, 6.07) is 0. The second-order valence-corrected chi connectivity index (χ2v) is 6.76. The van der Waals surface area contributed by atoms with Crippen LogP contribution in [-0.4, -0.2) is 42.6 Å². The summed E-state index contributed by atoms with van der Waals surface area (Å²) in [7, 11) is 3.29. The van der Waals surface area contributed by atoms with Crippen LogP contribution in [0.3, 0.4) is 0 Å². The molecule has 5 heteroatoms. The Hall–Kier alpha value is -1.26. The molecule has 0 aromatic heterocycles. The first-order chi connectivity index (χ1) is 7.84. The Bertz CT molecular complexity index is 311. The topological polar surface area (TPSA) is 58.6 Å². The van der Waals surface area contributed by atoms with E-state index in [9.17, 15) is 9.59 Å². The van der Waals surface area contributed by atoms with Crippen molar-refractivity contribution in [2.45, 2.75) is 53.2 Å². The third-order valence-electron chi connectivity index (χ3n) is 2.15. The van der Waals surface area contributed by atoms with E-state index in [1.807, 2.05) is 41.5 Å².